The molecule has 0 aliphatic heterocycles. The van der Waals surface area contributed by atoms with Crippen molar-refractivity contribution in [2.24, 2.45) is 7.05 Å². The Bertz CT molecular complexity index is 1220. The average Bonchev–Trinajstić information content (AvgIpc) is 3.01. The number of rotatable bonds is 4. The van der Waals surface area contributed by atoms with Gasteiger partial charge in [-0.2, -0.15) is 4.39 Å². The zero-order valence-electron chi connectivity index (χ0n) is 14.6. The highest BCUT2D eigenvalue weighted by Crippen LogP contribution is 2.33. The van der Waals surface area contributed by atoms with Gasteiger partial charge < -0.3 is 9.88 Å². The van der Waals surface area contributed by atoms with E-state index in [1.54, 1.807) is 12.3 Å². The normalized spacial score (nSPS) is 11.0. The van der Waals surface area contributed by atoms with Gasteiger partial charge in [-0.3, -0.25) is 10.1 Å². The monoisotopic (exact) mass is 441 g/mol. The van der Waals surface area contributed by atoms with Crippen molar-refractivity contribution in [1.82, 2.24) is 14.5 Å². The molecular formula is C19H13BrFN5O2. The summed E-state index contributed by atoms with van der Waals surface area (Å²) >= 11 is 3.20. The molecule has 0 aliphatic rings. The lowest BCUT2D eigenvalue weighted by Crippen LogP contribution is -2.01. The summed E-state index contributed by atoms with van der Waals surface area (Å²) in [4.78, 5) is 18.9. The van der Waals surface area contributed by atoms with Crippen LogP contribution >= 0.6 is 15.9 Å². The van der Waals surface area contributed by atoms with Gasteiger partial charge in [-0.1, -0.05) is 18.2 Å². The minimum atomic E-state index is -0.923. The van der Waals surface area contributed by atoms with E-state index in [0.29, 0.717) is 15.9 Å². The Morgan fingerprint density at radius 2 is 2.04 bits per heavy atom. The van der Waals surface area contributed by atoms with Crippen molar-refractivity contribution in [1.29, 1.82) is 0 Å². The summed E-state index contributed by atoms with van der Waals surface area (Å²) in [5.41, 5.74) is 2.37. The summed E-state index contributed by atoms with van der Waals surface area (Å²) in [5, 5.41) is 15.0. The zero-order valence-corrected chi connectivity index (χ0v) is 16.1. The minimum Gasteiger partial charge on any atom is -0.350 e. The van der Waals surface area contributed by atoms with Crippen molar-refractivity contribution >= 4 is 44.2 Å². The number of nitrogens with one attached hydrogen (secondary N) is 1. The van der Waals surface area contributed by atoms with Gasteiger partial charge in [-0.05, 0) is 34.1 Å². The van der Waals surface area contributed by atoms with Crippen LogP contribution in [0.4, 0.5) is 21.7 Å². The van der Waals surface area contributed by atoms with Gasteiger partial charge in [0.05, 0.1) is 16.3 Å². The molecule has 28 heavy (non-hydrogen) atoms. The molecule has 4 aromatic rings. The van der Waals surface area contributed by atoms with Crippen LogP contribution in [0.3, 0.4) is 0 Å². The van der Waals surface area contributed by atoms with Crippen molar-refractivity contribution in [3.63, 3.8) is 0 Å². The number of aryl methyl sites for hydroxylation is 1. The fourth-order valence-electron chi connectivity index (χ4n) is 3.01. The molecule has 0 bridgehead atoms. The van der Waals surface area contributed by atoms with Crippen LogP contribution in [0.15, 0.2) is 59.3 Å². The van der Waals surface area contributed by atoms with E-state index in [1.807, 2.05) is 42.1 Å². The number of benzene rings is 2. The molecule has 2 aromatic carbocycles. The van der Waals surface area contributed by atoms with Gasteiger partial charge in [0.15, 0.2) is 0 Å². The van der Waals surface area contributed by atoms with Crippen molar-refractivity contribution in [2.75, 3.05) is 5.32 Å². The topological polar surface area (TPSA) is 85.9 Å². The van der Waals surface area contributed by atoms with Crippen LogP contribution in [-0.2, 0) is 7.05 Å². The molecule has 0 saturated carbocycles. The highest BCUT2D eigenvalue weighted by molar-refractivity contribution is 9.10. The summed E-state index contributed by atoms with van der Waals surface area (Å²) in [6, 6.07) is 11.9. The zero-order chi connectivity index (χ0) is 19.8. The average molecular weight is 442 g/mol. The number of nitrogens with zero attached hydrogens (tertiary/aromatic N) is 4. The predicted molar refractivity (Wildman–Crippen MR) is 108 cm³/mol. The van der Waals surface area contributed by atoms with Crippen LogP contribution in [0.25, 0.3) is 22.2 Å². The Morgan fingerprint density at radius 1 is 1.25 bits per heavy atom. The van der Waals surface area contributed by atoms with E-state index in [-0.39, 0.29) is 5.95 Å². The molecule has 4 rings (SSSR count). The Morgan fingerprint density at radius 3 is 2.82 bits per heavy atom. The number of hydrogen-bond acceptors (Lipinski definition) is 5. The molecule has 0 amide bonds. The molecule has 9 heteroatoms. The first kappa shape index (κ1) is 18.1. The summed E-state index contributed by atoms with van der Waals surface area (Å²) in [5.74, 6) is -0.681. The second kappa shape index (κ2) is 7.01. The number of nitro groups is 1. The van der Waals surface area contributed by atoms with Crippen molar-refractivity contribution in [2.45, 2.75) is 0 Å². The first-order valence-electron chi connectivity index (χ1n) is 8.22. The first-order chi connectivity index (χ1) is 13.4. The Labute approximate surface area is 167 Å². The lowest BCUT2D eigenvalue weighted by Gasteiger charge is -2.08. The van der Waals surface area contributed by atoms with Crippen LogP contribution in [0.2, 0.25) is 0 Å². The number of aromatic nitrogens is 3. The van der Waals surface area contributed by atoms with Gasteiger partial charge in [0.1, 0.15) is 0 Å². The van der Waals surface area contributed by atoms with Gasteiger partial charge >= 0.3 is 5.69 Å². The van der Waals surface area contributed by atoms with Gasteiger partial charge in [-0.15, -0.1) is 0 Å². The smallest absolute Gasteiger partial charge is 0.306 e. The molecule has 0 spiro atoms. The fraction of sp³-hybridized carbons (Fsp3) is 0.0526. The Kier molecular flexibility index (Phi) is 4.52. The highest BCUT2D eigenvalue weighted by atomic mass is 79.9. The Hall–Kier alpha value is -3.33. The van der Waals surface area contributed by atoms with Crippen LogP contribution in [0.5, 0.6) is 0 Å². The molecule has 0 fully saturated rings. The third-order valence-electron chi connectivity index (χ3n) is 4.31. The summed E-state index contributed by atoms with van der Waals surface area (Å²) in [6.07, 6.45) is 3.58. The van der Waals surface area contributed by atoms with E-state index >= 15 is 0 Å². The molecule has 0 saturated heterocycles. The second-order valence-corrected chi connectivity index (χ2v) is 6.96. The molecule has 0 aliphatic carbocycles. The van der Waals surface area contributed by atoms with Gasteiger partial charge in [-0.25, -0.2) is 9.97 Å². The van der Waals surface area contributed by atoms with Gasteiger partial charge in [0.25, 0.3) is 0 Å². The maximum atomic E-state index is 13.7. The molecule has 140 valence electrons. The number of hydrogen-bond donors (Lipinski definition) is 1. The van der Waals surface area contributed by atoms with Crippen LogP contribution in [0.1, 0.15) is 0 Å². The summed E-state index contributed by atoms with van der Waals surface area (Å²) < 4.78 is 16.1. The molecule has 0 radical (unpaired) electrons. The van der Waals surface area contributed by atoms with Crippen molar-refractivity contribution < 1.29 is 9.31 Å². The third kappa shape index (κ3) is 3.20. The largest absolute Gasteiger partial charge is 0.350 e. The standard InChI is InChI=1S/C19H13BrFN5O2/c1-25-10-12(11-4-2-3-5-17(11)25)15-6-7-22-19(23-15)24-16-9-18(26(27)28)14(21)8-13(16)20/h2-10H,1H3,(H,22,23,24). The van der Waals surface area contributed by atoms with Crippen LogP contribution < -0.4 is 5.32 Å². The molecule has 2 aromatic heterocycles. The third-order valence-corrected chi connectivity index (χ3v) is 4.96. The summed E-state index contributed by atoms with van der Waals surface area (Å²) in [6.45, 7) is 0. The molecule has 0 atom stereocenters. The summed E-state index contributed by atoms with van der Waals surface area (Å²) in [7, 11) is 1.96. The number of fused-ring (bicyclic) bond motifs is 1. The fourth-order valence-corrected chi connectivity index (χ4v) is 3.42. The number of para-hydroxylation sites is 1. The predicted octanol–water partition coefficient (Wildman–Crippen LogP) is 5.19. The first-order valence-corrected chi connectivity index (χ1v) is 9.01. The number of halogens is 2. The molecule has 2 heterocycles. The van der Waals surface area contributed by atoms with E-state index < -0.39 is 16.4 Å². The lowest BCUT2D eigenvalue weighted by molar-refractivity contribution is -0.387. The van der Waals surface area contributed by atoms with E-state index in [0.717, 1.165) is 28.6 Å². The molecule has 1 N–H and O–H groups in total. The SMILES string of the molecule is Cn1cc(-c2ccnc(Nc3cc([N+](=O)[O-])c(F)cc3Br)n2)c2ccccc21. The lowest BCUT2D eigenvalue weighted by atomic mass is 10.1. The number of nitro benzene ring substituents is 1. The van der Waals surface area contributed by atoms with E-state index in [1.165, 1.54) is 0 Å². The van der Waals surface area contributed by atoms with E-state index in [9.17, 15) is 14.5 Å². The molecular weight excluding hydrogens is 429 g/mol. The molecule has 7 nitrogen and oxygen atoms in total. The van der Waals surface area contributed by atoms with Gasteiger partial charge in [0, 0.05) is 46.4 Å². The molecule has 0 unspecified atom stereocenters. The van der Waals surface area contributed by atoms with Crippen molar-refractivity contribution in [3.05, 3.63) is 75.3 Å². The minimum absolute atomic E-state index is 0.243. The van der Waals surface area contributed by atoms with Crippen LogP contribution in [0, 0.1) is 15.9 Å². The Balaban J connectivity index is 1.74. The highest BCUT2D eigenvalue weighted by Gasteiger charge is 2.18. The maximum absolute atomic E-state index is 13.7. The van der Waals surface area contributed by atoms with Crippen molar-refractivity contribution in [3.8, 4) is 11.3 Å². The van der Waals surface area contributed by atoms with Gasteiger partial charge in [0.2, 0.25) is 11.8 Å². The van der Waals surface area contributed by atoms with E-state index in [2.05, 4.69) is 31.2 Å². The maximum Gasteiger partial charge on any atom is 0.306 e. The van der Waals surface area contributed by atoms with Crippen LogP contribution in [-0.4, -0.2) is 19.5 Å². The van der Waals surface area contributed by atoms with E-state index in [4.69, 9.17) is 0 Å². The second-order valence-electron chi connectivity index (χ2n) is 6.10. The number of anilines is 2. The quantitative estimate of drug-likeness (QED) is 0.347.